The summed E-state index contributed by atoms with van der Waals surface area (Å²) in [7, 11) is 0. The molecule has 1 atom stereocenters. The highest BCUT2D eigenvalue weighted by molar-refractivity contribution is 8.00. The van der Waals surface area contributed by atoms with Gasteiger partial charge >= 0.3 is 5.97 Å². The van der Waals surface area contributed by atoms with Gasteiger partial charge in [-0.3, -0.25) is 9.36 Å². The van der Waals surface area contributed by atoms with Crippen LogP contribution in [0.4, 0.5) is 0 Å². The van der Waals surface area contributed by atoms with Gasteiger partial charge in [-0.1, -0.05) is 30.0 Å². The molecule has 2 aromatic heterocycles. The number of thioether (sulfide) groups is 1. The molecule has 0 radical (unpaired) electrons. The Hall–Kier alpha value is -2.54. The Morgan fingerprint density at radius 1 is 1.23 bits per heavy atom. The molecule has 6 nitrogen and oxygen atoms in total. The Labute approximate surface area is 130 Å². The average Bonchev–Trinajstić information content (AvgIpc) is 3.16. The van der Waals surface area contributed by atoms with Crippen molar-refractivity contribution in [1.82, 2.24) is 14.8 Å². The molecule has 0 saturated heterocycles. The van der Waals surface area contributed by atoms with Crippen molar-refractivity contribution in [2.75, 3.05) is 0 Å². The Bertz CT molecular complexity index is 769. The smallest absolute Gasteiger partial charge is 0.316 e. The maximum atomic E-state index is 11.1. The second-order valence-corrected chi connectivity index (χ2v) is 5.86. The molecule has 0 fully saturated rings. The number of carbonyl (C=O) groups is 1. The zero-order chi connectivity index (χ0) is 15.5. The van der Waals surface area contributed by atoms with E-state index >= 15 is 0 Å². The highest BCUT2D eigenvalue weighted by Gasteiger charge is 2.22. The van der Waals surface area contributed by atoms with E-state index in [9.17, 15) is 4.79 Å². The van der Waals surface area contributed by atoms with Gasteiger partial charge in [-0.25, -0.2) is 0 Å². The molecule has 0 amide bonds. The minimum Gasteiger partial charge on any atom is -0.480 e. The largest absolute Gasteiger partial charge is 0.480 e. The third-order valence-corrected chi connectivity index (χ3v) is 4.05. The molecule has 1 N–H and O–H groups in total. The first-order valence-electron chi connectivity index (χ1n) is 6.61. The molecule has 0 bridgehead atoms. The number of hydrogen-bond donors (Lipinski definition) is 1. The van der Waals surface area contributed by atoms with Crippen LogP contribution in [0.15, 0.2) is 58.3 Å². The highest BCUT2D eigenvalue weighted by atomic mass is 32.2. The van der Waals surface area contributed by atoms with Crippen molar-refractivity contribution in [3.8, 4) is 17.3 Å². The maximum Gasteiger partial charge on any atom is 0.316 e. The van der Waals surface area contributed by atoms with Crippen LogP contribution in [0.1, 0.15) is 6.92 Å². The van der Waals surface area contributed by atoms with Crippen LogP contribution in [0.25, 0.3) is 17.3 Å². The van der Waals surface area contributed by atoms with E-state index in [2.05, 4.69) is 10.2 Å². The third kappa shape index (κ3) is 2.75. The summed E-state index contributed by atoms with van der Waals surface area (Å²) in [6, 6.07) is 13.1. The molecule has 0 spiro atoms. The van der Waals surface area contributed by atoms with Crippen LogP contribution in [-0.4, -0.2) is 31.1 Å². The summed E-state index contributed by atoms with van der Waals surface area (Å²) in [4.78, 5) is 11.1. The Kier molecular flexibility index (Phi) is 3.97. The van der Waals surface area contributed by atoms with Gasteiger partial charge < -0.3 is 9.52 Å². The zero-order valence-electron chi connectivity index (χ0n) is 11.7. The minimum atomic E-state index is -0.896. The molecule has 3 rings (SSSR count). The van der Waals surface area contributed by atoms with E-state index in [-0.39, 0.29) is 0 Å². The van der Waals surface area contributed by atoms with Crippen molar-refractivity contribution in [2.45, 2.75) is 17.3 Å². The number of nitrogens with zero attached hydrogens (tertiary/aromatic N) is 3. The molecular formula is C15H13N3O3S. The summed E-state index contributed by atoms with van der Waals surface area (Å²) in [5, 5.41) is 17.3. The Morgan fingerprint density at radius 2 is 2.00 bits per heavy atom. The number of aliphatic carboxylic acids is 1. The number of carboxylic acid groups (broad SMARTS) is 1. The first kappa shape index (κ1) is 14.4. The summed E-state index contributed by atoms with van der Waals surface area (Å²) in [6.45, 7) is 1.61. The zero-order valence-corrected chi connectivity index (χ0v) is 12.5. The normalized spacial score (nSPS) is 12.2. The van der Waals surface area contributed by atoms with E-state index in [0.29, 0.717) is 16.7 Å². The second kappa shape index (κ2) is 6.07. The van der Waals surface area contributed by atoms with Gasteiger partial charge in [-0.15, -0.1) is 10.2 Å². The summed E-state index contributed by atoms with van der Waals surface area (Å²) in [5.74, 6) is 0.217. The van der Waals surface area contributed by atoms with Crippen LogP contribution in [0.2, 0.25) is 0 Å². The fourth-order valence-electron chi connectivity index (χ4n) is 1.93. The van der Waals surface area contributed by atoms with Crippen molar-refractivity contribution >= 4 is 17.7 Å². The van der Waals surface area contributed by atoms with Crippen LogP contribution in [-0.2, 0) is 4.79 Å². The van der Waals surface area contributed by atoms with E-state index in [4.69, 9.17) is 9.52 Å². The fraction of sp³-hybridized carbons (Fsp3) is 0.133. The lowest BCUT2D eigenvalue weighted by atomic mass is 10.3. The summed E-state index contributed by atoms with van der Waals surface area (Å²) in [5.41, 5.74) is 0.846. The highest BCUT2D eigenvalue weighted by Crippen LogP contribution is 2.30. The molecule has 2 heterocycles. The maximum absolute atomic E-state index is 11.1. The number of rotatable bonds is 5. The fourth-order valence-corrected chi connectivity index (χ4v) is 2.73. The van der Waals surface area contributed by atoms with E-state index in [0.717, 1.165) is 17.4 Å². The predicted octanol–water partition coefficient (Wildman–Crippen LogP) is 3.09. The van der Waals surface area contributed by atoms with Gasteiger partial charge in [0.25, 0.3) is 0 Å². The van der Waals surface area contributed by atoms with E-state index in [1.54, 1.807) is 29.9 Å². The molecule has 3 aromatic rings. The van der Waals surface area contributed by atoms with Crippen molar-refractivity contribution in [3.63, 3.8) is 0 Å². The quantitative estimate of drug-likeness (QED) is 0.729. The second-order valence-electron chi connectivity index (χ2n) is 4.55. The standard InChI is InChI=1S/C15H13N3O3S/c1-10(14(19)20)22-15-17-16-13(12-8-5-9-21-12)18(15)11-6-3-2-4-7-11/h2-10H,1H3,(H,19,20). The number of aromatic nitrogens is 3. The third-order valence-electron chi connectivity index (χ3n) is 3.02. The van der Waals surface area contributed by atoms with Gasteiger partial charge in [0.15, 0.2) is 10.9 Å². The summed E-state index contributed by atoms with van der Waals surface area (Å²) < 4.78 is 7.19. The SMILES string of the molecule is CC(Sc1nnc(-c2ccco2)n1-c1ccccc1)C(=O)O. The lowest BCUT2D eigenvalue weighted by molar-refractivity contribution is -0.136. The number of carboxylic acids is 1. The molecule has 0 aliphatic rings. The molecule has 0 saturated carbocycles. The predicted molar refractivity (Wildman–Crippen MR) is 82.0 cm³/mol. The van der Waals surface area contributed by atoms with Crippen molar-refractivity contribution in [3.05, 3.63) is 48.7 Å². The topological polar surface area (TPSA) is 81.2 Å². The Balaban J connectivity index is 2.10. The lowest BCUT2D eigenvalue weighted by Crippen LogP contribution is -2.12. The number of benzene rings is 1. The van der Waals surface area contributed by atoms with Crippen LogP contribution >= 0.6 is 11.8 Å². The number of furan rings is 1. The number of hydrogen-bond acceptors (Lipinski definition) is 5. The van der Waals surface area contributed by atoms with Crippen molar-refractivity contribution < 1.29 is 14.3 Å². The monoisotopic (exact) mass is 315 g/mol. The van der Waals surface area contributed by atoms with Gasteiger partial charge in [0.2, 0.25) is 5.82 Å². The number of para-hydroxylation sites is 1. The molecule has 112 valence electrons. The van der Waals surface area contributed by atoms with E-state index in [1.165, 1.54) is 0 Å². The van der Waals surface area contributed by atoms with E-state index in [1.807, 2.05) is 30.3 Å². The molecular weight excluding hydrogens is 302 g/mol. The molecule has 7 heteroatoms. The van der Waals surface area contributed by atoms with Crippen LogP contribution in [0, 0.1) is 0 Å². The van der Waals surface area contributed by atoms with Gasteiger partial charge in [0, 0.05) is 5.69 Å². The van der Waals surface area contributed by atoms with Gasteiger partial charge in [0.1, 0.15) is 5.25 Å². The van der Waals surface area contributed by atoms with Gasteiger partial charge in [-0.05, 0) is 31.2 Å². The molecule has 0 aliphatic carbocycles. The van der Waals surface area contributed by atoms with Crippen molar-refractivity contribution in [2.24, 2.45) is 0 Å². The molecule has 1 unspecified atom stereocenters. The molecule has 22 heavy (non-hydrogen) atoms. The van der Waals surface area contributed by atoms with Crippen LogP contribution in [0.5, 0.6) is 0 Å². The van der Waals surface area contributed by atoms with Gasteiger partial charge in [-0.2, -0.15) is 0 Å². The van der Waals surface area contributed by atoms with Crippen molar-refractivity contribution in [1.29, 1.82) is 0 Å². The Morgan fingerprint density at radius 3 is 2.64 bits per heavy atom. The van der Waals surface area contributed by atoms with Crippen LogP contribution < -0.4 is 0 Å². The minimum absolute atomic E-state index is 0.507. The molecule has 1 aromatic carbocycles. The van der Waals surface area contributed by atoms with Gasteiger partial charge in [0.05, 0.1) is 6.26 Å². The summed E-state index contributed by atoms with van der Waals surface area (Å²) >= 11 is 1.14. The summed E-state index contributed by atoms with van der Waals surface area (Å²) in [6.07, 6.45) is 1.56. The first-order chi connectivity index (χ1) is 10.7. The lowest BCUT2D eigenvalue weighted by Gasteiger charge is -2.10. The first-order valence-corrected chi connectivity index (χ1v) is 7.49. The van der Waals surface area contributed by atoms with Crippen LogP contribution in [0.3, 0.4) is 0 Å². The average molecular weight is 315 g/mol. The van der Waals surface area contributed by atoms with E-state index < -0.39 is 11.2 Å². The molecule has 0 aliphatic heterocycles.